The van der Waals surface area contributed by atoms with Crippen LogP contribution in [0.25, 0.3) is 0 Å². The molecular weight excluding hydrogens is 801 g/mol. The molecular formula is C48H48O14. The molecule has 1 fully saturated rings. The summed E-state index contributed by atoms with van der Waals surface area (Å²) in [4.78, 5) is 73.9. The van der Waals surface area contributed by atoms with Crippen LogP contribution in [0.4, 0.5) is 0 Å². The highest BCUT2D eigenvalue weighted by molar-refractivity contribution is 5.93. The van der Waals surface area contributed by atoms with Gasteiger partial charge in [-0.25, -0.2) is 28.8 Å². The van der Waals surface area contributed by atoms with Crippen molar-refractivity contribution in [2.24, 2.45) is 0 Å². The number of hydrogen-bond acceptors (Lipinski definition) is 14. The topological polar surface area (TPSA) is 176 Å². The standard InChI is InChI=1S/C48H48O14/c1-3-43(49)57-31-9-7-29-55-37-21-13-33(14-22-37)45(51)59-39-25-17-35(18-26-39)47(53)61-41-11-5-6-12-42(41)62-48(54)36-19-27-40(28-20-36)60-46(52)34-15-23-38(24-16-34)56-30-8-10-32-58-44(50)4-2/h3-4,13-28,41-42H,1-2,5-12,29-32H2/t41-,42-/m1/s1. The molecule has 0 radical (unpaired) electrons. The summed E-state index contributed by atoms with van der Waals surface area (Å²) < 4.78 is 43.8. The van der Waals surface area contributed by atoms with E-state index in [1.54, 1.807) is 48.5 Å². The molecule has 2 atom stereocenters. The van der Waals surface area contributed by atoms with E-state index in [1.807, 2.05) is 0 Å². The van der Waals surface area contributed by atoms with Crippen LogP contribution in [0, 0.1) is 0 Å². The van der Waals surface area contributed by atoms with Crippen LogP contribution in [-0.2, 0) is 28.5 Å². The van der Waals surface area contributed by atoms with Crippen molar-refractivity contribution in [1.29, 1.82) is 0 Å². The van der Waals surface area contributed by atoms with Gasteiger partial charge in [-0.15, -0.1) is 0 Å². The van der Waals surface area contributed by atoms with Crippen LogP contribution in [-0.4, -0.2) is 74.5 Å². The van der Waals surface area contributed by atoms with Crippen molar-refractivity contribution < 1.29 is 66.7 Å². The zero-order valence-corrected chi connectivity index (χ0v) is 34.2. The van der Waals surface area contributed by atoms with E-state index in [4.69, 9.17) is 37.9 Å². The van der Waals surface area contributed by atoms with Gasteiger partial charge in [-0.1, -0.05) is 13.2 Å². The van der Waals surface area contributed by atoms with Crippen LogP contribution < -0.4 is 18.9 Å². The second kappa shape index (κ2) is 24.1. The minimum absolute atomic E-state index is 0.227. The maximum Gasteiger partial charge on any atom is 0.343 e. The maximum absolute atomic E-state index is 13.1. The average Bonchev–Trinajstić information content (AvgIpc) is 3.29. The van der Waals surface area contributed by atoms with Gasteiger partial charge >= 0.3 is 35.8 Å². The van der Waals surface area contributed by atoms with Crippen LogP contribution in [0.1, 0.15) is 92.8 Å². The van der Waals surface area contributed by atoms with Gasteiger partial charge in [-0.2, -0.15) is 0 Å². The lowest BCUT2D eigenvalue weighted by Gasteiger charge is -2.30. The van der Waals surface area contributed by atoms with Gasteiger partial charge in [0.25, 0.3) is 0 Å². The fourth-order valence-corrected chi connectivity index (χ4v) is 6.02. The van der Waals surface area contributed by atoms with Gasteiger partial charge in [-0.05, 0) is 148 Å². The van der Waals surface area contributed by atoms with Crippen molar-refractivity contribution in [3.8, 4) is 23.0 Å². The molecule has 0 aliphatic heterocycles. The Bertz CT molecular complexity index is 1990. The number of rotatable bonds is 22. The Labute approximate surface area is 359 Å². The largest absolute Gasteiger partial charge is 0.494 e. The van der Waals surface area contributed by atoms with Crippen molar-refractivity contribution in [3.05, 3.63) is 145 Å². The molecule has 0 aromatic heterocycles. The molecule has 4 aromatic carbocycles. The van der Waals surface area contributed by atoms with Crippen molar-refractivity contribution in [2.45, 2.75) is 63.6 Å². The van der Waals surface area contributed by atoms with Crippen molar-refractivity contribution in [1.82, 2.24) is 0 Å². The van der Waals surface area contributed by atoms with E-state index >= 15 is 0 Å². The number of carbonyl (C=O) groups is 6. The number of hydrogen-bond donors (Lipinski definition) is 0. The minimum Gasteiger partial charge on any atom is -0.494 e. The van der Waals surface area contributed by atoms with Crippen LogP contribution in [0.15, 0.2) is 122 Å². The molecule has 0 spiro atoms. The summed E-state index contributed by atoms with van der Waals surface area (Å²) in [5.74, 6) is -1.75. The molecule has 14 nitrogen and oxygen atoms in total. The van der Waals surface area contributed by atoms with Gasteiger partial charge < -0.3 is 37.9 Å². The van der Waals surface area contributed by atoms with Gasteiger partial charge in [0.1, 0.15) is 35.2 Å². The first-order valence-electron chi connectivity index (χ1n) is 20.2. The van der Waals surface area contributed by atoms with Crippen molar-refractivity contribution in [2.75, 3.05) is 26.4 Å². The van der Waals surface area contributed by atoms with Crippen LogP contribution >= 0.6 is 0 Å². The summed E-state index contributed by atoms with van der Waals surface area (Å²) in [5.41, 5.74) is 1.06. The van der Waals surface area contributed by atoms with Crippen LogP contribution in [0.2, 0.25) is 0 Å². The van der Waals surface area contributed by atoms with E-state index in [9.17, 15) is 28.8 Å². The van der Waals surface area contributed by atoms with Gasteiger partial charge in [0.05, 0.1) is 48.7 Å². The molecule has 324 valence electrons. The summed E-state index contributed by atoms with van der Waals surface area (Å²) in [7, 11) is 0. The Morgan fingerprint density at radius 2 is 0.742 bits per heavy atom. The first-order chi connectivity index (χ1) is 30.1. The molecule has 1 saturated carbocycles. The fourth-order valence-electron chi connectivity index (χ4n) is 6.02. The first-order valence-corrected chi connectivity index (χ1v) is 20.2. The average molecular weight is 849 g/mol. The number of unbranched alkanes of at least 4 members (excludes halogenated alkanes) is 2. The van der Waals surface area contributed by atoms with Gasteiger partial charge in [0.2, 0.25) is 0 Å². The molecule has 0 unspecified atom stereocenters. The molecule has 0 N–H and O–H groups in total. The number of esters is 6. The Morgan fingerprint density at radius 3 is 1.08 bits per heavy atom. The zero-order chi connectivity index (χ0) is 44.1. The lowest BCUT2D eigenvalue weighted by Crippen LogP contribution is -2.37. The molecule has 14 heteroatoms. The molecule has 0 amide bonds. The lowest BCUT2D eigenvalue weighted by molar-refractivity contribution is -0.138. The highest BCUT2D eigenvalue weighted by Crippen LogP contribution is 2.27. The maximum atomic E-state index is 13.1. The number of ether oxygens (including phenoxy) is 8. The van der Waals surface area contributed by atoms with Crippen LogP contribution in [0.3, 0.4) is 0 Å². The second-order valence-corrected chi connectivity index (χ2v) is 13.9. The Hall–Kier alpha value is -7.22. The third-order valence-corrected chi connectivity index (χ3v) is 9.38. The van der Waals surface area contributed by atoms with E-state index < -0.39 is 48.0 Å². The molecule has 0 bridgehead atoms. The highest BCUT2D eigenvalue weighted by Gasteiger charge is 2.32. The monoisotopic (exact) mass is 848 g/mol. The first kappa shape index (κ1) is 45.9. The number of benzene rings is 4. The molecule has 0 heterocycles. The highest BCUT2D eigenvalue weighted by atomic mass is 16.6. The van der Waals surface area contributed by atoms with E-state index in [0.29, 0.717) is 74.4 Å². The van der Waals surface area contributed by atoms with E-state index in [2.05, 4.69) is 13.2 Å². The van der Waals surface area contributed by atoms with E-state index in [0.717, 1.165) is 25.0 Å². The summed E-state index contributed by atoms with van der Waals surface area (Å²) in [6.45, 7) is 8.07. The molecule has 0 saturated heterocycles. The summed E-state index contributed by atoms with van der Waals surface area (Å²) >= 11 is 0. The van der Waals surface area contributed by atoms with Gasteiger partial charge in [0, 0.05) is 12.2 Å². The third kappa shape index (κ3) is 14.8. The third-order valence-electron chi connectivity index (χ3n) is 9.38. The van der Waals surface area contributed by atoms with Gasteiger partial charge in [0.15, 0.2) is 0 Å². The zero-order valence-electron chi connectivity index (χ0n) is 34.2. The number of carbonyl (C=O) groups excluding carboxylic acids is 6. The Kier molecular flexibility index (Phi) is 17.9. The lowest BCUT2D eigenvalue weighted by atomic mass is 9.94. The Balaban J connectivity index is 1.03. The quantitative estimate of drug-likeness (QED) is 0.0243. The normalized spacial score (nSPS) is 14.3. The van der Waals surface area contributed by atoms with Crippen LogP contribution in [0.5, 0.6) is 23.0 Å². The summed E-state index contributed by atoms with van der Waals surface area (Å²) in [6, 6.07) is 24.8. The predicted molar refractivity (Wildman–Crippen MR) is 224 cm³/mol. The van der Waals surface area contributed by atoms with E-state index in [1.165, 1.54) is 48.5 Å². The summed E-state index contributed by atoms with van der Waals surface area (Å²) in [5, 5.41) is 0. The van der Waals surface area contributed by atoms with E-state index in [-0.39, 0.29) is 35.8 Å². The molecule has 1 aliphatic rings. The summed E-state index contributed by atoms with van der Waals surface area (Å²) in [6.07, 6.45) is 6.09. The smallest absolute Gasteiger partial charge is 0.343 e. The van der Waals surface area contributed by atoms with Gasteiger partial charge in [-0.3, -0.25) is 0 Å². The van der Waals surface area contributed by atoms with Crippen molar-refractivity contribution in [3.63, 3.8) is 0 Å². The predicted octanol–water partition coefficient (Wildman–Crippen LogP) is 8.23. The fraction of sp³-hybridized carbons (Fsp3) is 0.292. The molecule has 62 heavy (non-hydrogen) atoms. The SMILES string of the molecule is C=CC(=O)OCCCCOc1ccc(C(=O)Oc2ccc(C(=O)O[C@@H]3CCCC[C@H]3OC(=O)c3ccc(OC(=O)c4ccc(OCCCCOC(=O)C=C)cc4)cc3)cc2)cc1. The van der Waals surface area contributed by atoms with Crippen molar-refractivity contribution >= 4 is 35.8 Å². The molecule has 1 aliphatic carbocycles. The molecule has 4 aromatic rings. The molecule has 5 rings (SSSR count). The Morgan fingerprint density at radius 1 is 0.435 bits per heavy atom. The minimum atomic E-state index is -0.669. The second-order valence-electron chi connectivity index (χ2n) is 13.9.